The second-order valence-corrected chi connectivity index (χ2v) is 4.73. The normalized spacial score (nSPS) is 10.2. The van der Waals surface area contributed by atoms with Crippen LogP contribution in [-0.4, -0.2) is 15.9 Å². The minimum atomic E-state index is -0.0561. The highest BCUT2D eigenvalue weighted by atomic mass is 32.1. The van der Waals surface area contributed by atoms with Crippen LogP contribution in [0.4, 0.5) is 0 Å². The molecule has 5 heteroatoms. The van der Waals surface area contributed by atoms with Gasteiger partial charge in [-0.1, -0.05) is 0 Å². The van der Waals surface area contributed by atoms with E-state index in [2.05, 4.69) is 15.3 Å². The van der Waals surface area contributed by atoms with Crippen molar-refractivity contribution in [3.8, 4) is 0 Å². The van der Waals surface area contributed by atoms with E-state index in [-0.39, 0.29) is 5.91 Å². The van der Waals surface area contributed by atoms with Gasteiger partial charge in [-0.3, -0.25) is 4.79 Å². The summed E-state index contributed by atoms with van der Waals surface area (Å²) in [5, 5.41) is 4.80. The number of nitrogens with one attached hydrogen (secondary N) is 1. The van der Waals surface area contributed by atoms with Crippen LogP contribution in [0.25, 0.3) is 0 Å². The average molecular weight is 247 g/mol. The summed E-state index contributed by atoms with van der Waals surface area (Å²) in [6.07, 6.45) is 1.51. The van der Waals surface area contributed by atoms with Crippen LogP contribution in [0.1, 0.15) is 26.6 Å². The van der Waals surface area contributed by atoms with E-state index in [0.29, 0.717) is 6.54 Å². The van der Waals surface area contributed by atoms with Crippen molar-refractivity contribution in [2.45, 2.75) is 20.4 Å². The van der Waals surface area contributed by atoms with E-state index >= 15 is 0 Å². The third-order valence-corrected chi connectivity index (χ3v) is 3.29. The molecule has 0 unspecified atom stereocenters. The molecule has 2 aromatic rings. The first-order valence-corrected chi connectivity index (χ1v) is 6.14. The predicted octanol–water partition coefficient (Wildman–Crippen LogP) is 2.08. The molecular formula is C12H13N3OS. The molecule has 0 spiro atoms. The van der Waals surface area contributed by atoms with Crippen LogP contribution in [0.3, 0.4) is 0 Å². The zero-order valence-corrected chi connectivity index (χ0v) is 10.5. The molecule has 0 aliphatic carbocycles. The highest BCUT2D eigenvalue weighted by Gasteiger charge is 2.07. The minimum absolute atomic E-state index is 0.0561. The fraction of sp³-hybridized carbons (Fsp3) is 0.250. The molecule has 0 radical (unpaired) electrons. The van der Waals surface area contributed by atoms with Crippen molar-refractivity contribution < 1.29 is 4.79 Å². The summed E-state index contributed by atoms with van der Waals surface area (Å²) >= 11 is 1.45. The lowest BCUT2D eigenvalue weighted by molar-refractivity contribution is 0.0954. The summed E-state index contributed by atoms with van der Waals surface area (Å²) < 4.78 is 0. The quantitative estimate of drug-likeness (QED) is 0.903. The van der Waals surface area contributed by atoms with Crippen LogP contribution < -0.4 is 5.32 Å². The molecule has 0 fully saturated rings. The van der Waals surface area contributed by atoms with E-state index in [1.165, 1.54) is 17.7 Å². The van der Waals surface area contributed by atoms with Crippen molar-refractivity contribution in [3.63, 3.8) is 0 Å². The van der Waals surface area contributed by atoms with Gasteiger partial charge in [0.25, 0.3) is 5.91 Å². The molecule has 0 saturated carbocycles. The van der Waals surface area contributed by atoms with Gasteiger partial charge in [0.1, 0.15) is 6.33 Å². The van der Waals surface area contributed by atoms with E-state index in [0.717, 1.165) is 21.8 Å². The van der Waals surface area contributed by atoms with E-state index in [1.807, 2.05) is 31.4 Å². The van der Waals surface area contributed by atoms with Crippen molar-refractivity contribution in [2.24, 2.45) is 0 Å². The first-order valence-electron chi connectivity index (χ1n) is 5.26. The molecule has 1 amide bonds. The molecule has 88 valence electrons. The Morgan fingerprint density at radius 3 is 2.82 bits per heavy atom. The van der Waals surface area contributed by atoms with Crippen LogP contribution in [0.5, 0.6) is 0 Å². The minimum Gasteiger partial charge on any atom is -0.346 e. The molecule has 0 aromatic carbocycles. The number of carbonyl (C=O) groups excluding carboxylic acids is 1. The molecule has 0 bridgehead atoms. The standard InChI is InChI=1S/C12H13N3OS/c1-8-3-11(17-6-8)12(16)13-5-10-4-9(2)14-7-15-10/h3-4,6-7H,5H2,1-2H3,(H,13,16). The maximum atomic E-state index is 11.8. The van der Waals surface area contributed by atoms with Crippen molar-refractivity contribution in [1.29, 1.82) is 0 Å². The van der Waals surface area contributed by atoms with Crippen LogP contribution in [0.2, 0.25) is 0 Å². The van der Waals surface area contributed by atoms with Crippen LogP contribution >= 0.6 is 11.3 Å². The summed E-state index contributed by atoms with van der Waals surface area (Å²) in [5.74, 6) is -0.0561. The summed E-state index contributed by atoms with van der Waals surface area (Å²) in [5.41, 5.74) is 2.83. The molecule has 2 heterocycles. The van der Waals surface area contributed by atoms with E-state index in [1.54, 1.807) is 0 Å². The Morgan fingerprint density at radius 2 is 2.18 bits per heavy atom. The zero-order valence-electron chi connectivity index (χ0n) is 9.73. The van der Waals surface area contributed by atoms with Gasteiger partial charge in [-0.25, -0.2) is 9.97 Å². The van der Waals surface area contributed by atoms with Gasteiger partial charge in [-0.05, 0) is 36.9 Å². The number of amides is 1. The van der Waals surface area contributed by atoms with Crippen LogP contribution in [0.15, 0.2) is 23.8 Å². The number of aromatic nitrogens is 2. The van der Waals surface area contributed by atoms with Gasteiger partial charge in [-0.15, -0.1) is 11.3 Å². The number of rotatable bonds is 3. The van der Waals surface area contributed by atoms with E-state index in [9.17, 15) is 4.79 Å². The number of carbonyl (C=O) groups is 1. The first kappa shape index (κ1) is 11.7. The first-order chi connectivity index (χ1) is 8.15. The molecule has 17 heavy (non-hydrogen) atoms. The lowest BCUT2D eigenvalue weighted by Crippen LogP contribution is -2.22. The smallest absolute Gasteiger partial charge is 0.261 e. The van der Waals surface area contributed by atoms with E-state index in [4.69, 9.17) is 0 Å². The number of thiophene rings is 1. The van der Waals surface area contributed by atoms with Crippen LogP contribution in [-0.2, 0) is 6.54 Å². The summed E-state index contributed by atoms with van der Waals surface area (Å²) in [4.78, 5) is 20.6. The van der Waals surface area contributed by atoms with Gasteiger partial charge < -0.3 is 5.32 Å². The van der Waals surface area contributed by atoms with E-state index < -0.39 is 0 Å². The Kier molecular flexibility index (Phi) is 3.49. The fourth-order valence-electron chi connectivity index (χ4n) is 1.41. The maximum absolute atomic E-state index is 11.8. The number of aryl methyl sites for hydroxylation is 2. The third-order valence-electron chi connectivity index (χ3n) is 2.24. The lowest BCUT2D eigenvalue weighted by atomic mass is 10.3. The Hall–Kier alpha value is -1.75. The van der Waals surface area contributed by atoms with Crippen molar-refractivity contribution in [2.75, 3.05) is 0 Å². The molecule has 0 atom stereocenters. The molecule has 2 aromatic heterocycles. The third kappa shape index (κ3) is 3.10. The van der Waals surface area contributed by atoms with Gasteiger partial charge in [-0.2, -0.15) is 0 Å². The average Bonchev–Trinajstić information content (AvgIpc) is 2.73. The largest absolute Gasteiger partial charge is 0.346 e. The summed E-state index contributed by atoms with van der Waals surface area (Å²) in [6, 6.07) is 3.74. The molecule has 0 aliphatic rings. The number of hydrogen-bond acceptors (Lipinski definition) is 4. The second kappa shape index (κ2) is 5.05. The van der Waals surface area contributed by atoms with Gasteiger partial charge in [0.15, 0.2) is 0 Å². The molecule has 2 rings (SSSR count). The highest BCUT2D eigenvalue weighted by Crippen LogP contribution is 2.13. The summed E-state index contributed by atoms with van der Waals surface area (Å²) in [6.45, 7) is 4.30. The highest BCUT2D eigenvalue weighted by molar-refractivity contribution is 7.12. The predicted molar refractivity (Wildman–Crippen MR) is 67.0 cm³/mol. The Morgan fingerprint density at radius 1 is 1.35 bits per heavy atom. The maximum Gasteiger partial charge on any atom is 0.261 e. The van der Waals surface area contributed by atoms with Crippen molar-refractivity contribution >= 4 is 17.2 Å². The second-order valence-electron chi connectivity index (χ2n) is 3.82. The molecule has 0 saturated heterocycles. The number of hydrogen-bond donors (Lipinski definition) is 1. The fourth-order valence-corrected chi connectivity index (χ4v) is 2.23. The van der Waals surface area contributed by atoms with Crippen molar-refractivity contribution in [1.82, 2.24) is 15.3 Å². The molecule has 1 N–H and O–H groups in total. The van der Waals surface area contributed by atoms with Gasteiger partial charge in [0.2, 0.25) is 0 Å². The Balaban J connectivity index is 1.97. The monoisotopic (exact) mass is 247 g/mol. The SMILES string of the molecule is Cc1csc(C(=O)NCc2cc(C)ncn2)c1. The summed E-state index contributed by atoms with van der Waals surface area (Å²) in [7, 11) is 0. The topological polar surface area (TPSA) is 54.9 Å². The molecule has 0 aliphatic heterocycles. The Bertz CT molecular complexity index is 536. The number of nitrogens with zero attached hydrogens (tertiary/aromatic N) is 2. The molecular weight excluding hydrogens is 234 g/mol. The Labute approximate surface area is 104 Å². The van der Waals surface area contributed by atoms with Gasteiger partial charge in [0.05, 0.1) is 17.1 Å². The van der Waals surface area contributed by atoms with Gasteiger partial charge >= 0.3 is 0 Å². The van der Waals surface area contributed by atoms with Gasteiger partial charge in [0, 0.05) is 5.69 Å². The van der Waals surface area contributed by atoms with Crippen molar-refractivity contribution in [3.05, 3.63) is 45.7 Å². The lowest BCUT2D eigenvalue weighted by Gasteiger charge is -2.03. The zero-order chi connectivity index (χ0) is 12.3. The molecule has 4 nitrogen and oxygen atoms in total. The van der Waals surface area contributed by atoms with Crippen LogP contribution in [0, 0.1) is 13.8 Å².